The highest BCUT2D eigenvalue weighted by Gasteiger charge is 2.33. The summed E-state index contributed by atoms with van der Waals surface area (Å²) in [7, 11) is 0. The van der Waals surface area contributed by atoms with Gasteiger partial charge in [-0.2, -0.15) is 0 Å². The molecule has 4 unspecified atom stereocenters. The van der Waals surface area contributed by atoms with Crippen LogP contribution in [0.15, 0.2) is 0 Å². The summed E-state index contributed by atoms with van der Waals surface area (Å²) < 4.78 is 5.80. The van der Waals surface area contributed by atoms with Gasteiger partial charge in [-0.3, -0.25) is 4.90 Å². The van der Waals surface area contributed by atoms with E-state index in [0.29, 0.717) is 12.1 Å². The van der Waals surface area contributed by atoms with Gasteiger partial charge in [-0.1, -0.05) is 13.8 Å². The molecule has 2 aliphatic heterocycles. The van der Waals surface area contributed by atoms with E-state index in [1.54, 1.807) is 0 Å². The van der Waals surface area contributed by atoms with Crippen molar-refractivity contribution in [3.63, 3.8) is 0 Å². The second kappa shape index (κ2) is 5.48. The third-order valence-corrected chi connectivity index (χ3v) is 4.47. The van der Waals surface area contributed by atoms with Gasteiger partial charge in [0.1, 0.15) is 0 Å². The van der Waals surface area contributed by atoms with Gasteiger partial charge in [0.2, 0.25) is 0 Å². The highest BCUT2D eigenvalue weighted by atomic mass is 16.5. The second-order valence-electron chi connectivity index (χ2n) is 5.59. The van der Waals surface area contributed by atoms with Crippen molar-refractivity contribution >= 4 is 0 Å². The minimum atomic E-state index is 0.394. The van der Waals surface area contributed by atoms with Crippen molar-refractivity contribution in [2.75, 3.05) is 26.2 Å². The molecular formula is C13H26N2O. The zero-order valence-electron chi connectivity index (χ0n) is 10.7. The van der Waals surface area contributed by atoms with Gasteiger partial charge < -0.3 is 10.5 Å². The van der Waals surface area contributed by atoms with Crippen molar-refractivity contribution in [2.24, 2.45) is 17.6 Å². The van der Waals surface area contributed by atoms with Gasteiger partial charge in [0.15, 0.2) is 0 Å². The van der Waals surface area contributed by atoms with Crippen molar-refractivity contribution in [2.45, 2.75) is 45.3 Å². The van der Waals surface area contributed by atoms with Gasteiger partial charge in [0.05, 0.1) is 6.10 Å². The molecular weight excluding hydrogens is 200 g/mol. The van der Waals surface area contributed by atoms with Gasteiger partial charge in [-0.05, 0) is 37.6 Å². The molecule has 2 aliphatic rings. The van der Waals surface area contributed by atoms with Crippen LogP contribution in [0.3, 0.4) is 0 Å². The van der Waals surface area contributed by atoms with E-state index >= 15 is 0 Å². The lowest BCUT2D eigenvalue weighted by molar-refractivity contribution is 0.00224. The fraction of sp³-hybridized carbons (Fsp3) is 1.00. The van der Waals surface area contributed by atoms with E-state index in [9.17, 15) is 0 Å². The monoisotopic (exact) mass is 226 g/mol. The lowest BCUT2D eigenvalue weighted by atomic mass is 9.87. The summed E-state index contributed by atoms with van der Waals surface area (Å²) in [4.78, 5) is 2.57. The molecule has 2 rings (SSSR count). The molecule has 16 heavy (non-hydrogen) atoms. The quantitative estimate of drug-likeness (QED) is 0.792. The van der Waals surface area contributed by atoms with Crippen molar-refractivity contribution in [3.8, 4) is 0 Å². The van der Waals surface area contributed by atoms with Crippen molar-refractivity contribution in [1.29, 1.82) is 0 Å². The molecule has 2 saturated heterocycles. The Morgan fingerprint density at radius 2 is 2.12 bits per heavy atom. The Labute approximate surface area is 99.3 Å². The zero-order valence-corrected chi connectivity index (χ0v) is 10.7. The van der Waals surface area contributed by atoms with Crippen LogP contribution in [-0.4, -0.2) is 43.3 Å². The first-order valence-corrected chi connectivity index (χ1v) is 6.78. The van der Waals surface area contributed by atoms with Gasteiger partial charge in [0.25, 0.3) is 0 Å². The van der Waals surface area contributed by atoms with Crippen LogP contribution in [0, 0.1) is 11.8 Å². The molecule has 0 radical (unpaired) electrons. The van der Waals surface area contributed by atoms with Crippen LogP contribution in [0.1, 0.15) is 33.1 Å². The average Bonchev–Trinajstić information content (AvgIpc) is 2.78. The molecule has 0 saturated carbocycles. The van der Waals surface area contributed by atoms with Crippen molar-refractivity contribution in [3.05, 3.63) is 0 Å². The molecule has 0 aromatic carbocycles. The topological polar surface area (TPSA) is 38.5 Å². The molecule has 0 aromatic heterocycles. The van der Waals surface area contributed by atoms with Crippen LogP contribution in [-0.2, 0) is 4.74 Å². The molecule has 2 heterocycles. The number of nitrogens with two attached hydrogens (primary N) is 1. The molecule has 0 aromatic rings. The predicted molar refractivity (Wildman–Crippen MR) is 66.3 cm³/mol. The predicted octanol–water partition coefficient (Wildman–Crippen LogP) is 1.47. The van der Waals surface area contributed by atoms with Gasteiger partial charge in [0, 0.05) is 25.7 Å². The standard InChI is InChI=1S/C13H26N2O/c1-10-5-6-15(9-11(10)2)12(8-14)13-4-3-7-16-13/h10-13H,3-9,14H2,1-2H3. The van der Waals surface area contributed by atoms with Crippen LogP contribution in [0.5, 0.6) is 0 Å². The van der Waals surface area contributed by atoms with E-state index < -0.39 is 0 Å². The highest BCUT2D eigenvalue weighted by Crippen LogP contribution is 2.27. The second-order valence-corrected chi connectivity index (χ2v) is 5.59. The lowest BCUT2D eigenvalue weighted by Crippen LogP contribution is -2.52. The summed E-state index contributed by atoms with van der Waals surface area (Å²) in [5, 5.41) is 0. The molecule has 0 aliphatic carbocycles. The van der Waals surface area contributed by atoms with Crippen LogP contribution in [0.2, 0.25) is 0 Å². The Kier molecular flexibility index (Phi) is 4.22. The third-order valence-electron chi connectivity index (χ3n) is 4.47. The minimum Gasteiger partial charge on any atom is -0.377 e. The summed E-state index contributed by atoms with van der Waals surface area (Å²) >= 11 is 0. The first-order chi connectivity index (χ1) is 7.72. The maximum absolute atomic E-state index is 5.94. The number of likely N-dealkylation sites (tertiary alicyclic amines) is 1. The van der Waals surface area contributed by atoms with Gasteiger partial charge >= 0.3 is 0 Å². The molecule has 3 nitrogen and oxygen atoms in total. The minimum absolute atomic E-state index is 0.394. The van der Waals surface area contributed by atoms with Crippen LogP contribution >= 0.6 is 0 Å². The fourth-order valence-corrected chi connectivity index (χ4v) is 3.04. The van der Waals surface area contributed by atoms with Crippen molar-refractivity contribution < 1.29 is 4.74 Å². The Morgan fingerprint density at radius 3 is 2.69 bits per heavy atom. The summed E-state index contributed by atoms with van der Waals surface area (Å²) in [5.41, 5.74) is 5.94. The average molecular weight is 226 g/mol. The number of hydrogen-bond donors (Lipinski definition) is 1. The van der Waals surface area contributed by atoms with E-state index in [2.05, 4.69) is 18.7 Å². The number of rotatable bonds is 3. The smallest absolute Gasteiger partial charge is 0.0743 e. The number of nitrogens with zero attached hydrogens (tertiary/aromatic N) is 1. The number of ether oxygens (including phenoxy) is 1. The maximum Gasteiger partial charge on any atom is 0.0743 e. The summed E-state index contributed by atoms with van der Waals surface area (Å²) in [6.45, 7) is 8.80. The number of piperidine rings is 1. The van der Waals surface area contributed by atoms with E-state index in [1.165, 1.54) is 32.4 Å². The maximum atomic E-state index is 5.94. The number of hydrogen-bond acceptors (Lipinski definition) is 3. The third kappa shape index (κ3) is 2.58. The van der Waals surface area contributed by atoms with Crippen LogP contribution < -0.4 is 5.73 Å². The molecule has 0 spiro atoms. The van der Waals surface area contributed by atoms with E-state index in [-0.39, 0.29) is 0 Å². The fourth-order valence-electron chi connectivity index (χ4n) is 3.04. The molecule has 0 amide bonds. The van der Waals surface area contributed by atoms with Gasteiger partial charge in [-0.25, -0.2) is 0 Å². The summed E-state index contributed by atoms with van der Waals surface area (Å²) in [5.74, 6) is 1.66. The van der Waals surface area contributed by atoms with E-state index in [1.807, 2.05) is 0 Å². The summed E-state index contributed by atoms with van der Waals surface area (Å²) in [6, 6.07) is 0.456. The summed E-state index contributed by atoms with van der Waals surface area (Å²) in [6.07, 6.45) is 4.11. The van der Waals surface area contributed by atoms with E-state index in [4.69, 9.17) is 10.5 Å². The first kappa shape index (κ1) is 12.3. The molecule has 2 N–H and O–H groups in total. The van der Waals surface area contributed by atoms with Gasteiger partial charge in [-0.15, -0.1) is 0 Å². The normalized spacial score (nSPS) is 38.8. The largest absolute Gasteiger partial charge is 0.377 e. The SMILES string of the molecule is CC1CCN(C(CN)C2CCCO2)CC1C. The molecule has 4 atom stereocenters. The van der Waals surface area contributed by atoms with Crippen molar-refractivity contribution in [1.82, 2.24) is 4.90 Å². The molecule has 2 fully saturated rings. The highest BCUT2D eigenvalue weighted by molar-refractivity contribution is 4.87. The molecule has 0 bridgehead atoms. The Balaban J connectivity index is 1.93. The molecule has 94 valence electrons. The molecule has 3 heteroatoms. The zero-order chi connectivity index (χ0) is 11.5. The Bertz CT molecular complexity index is 216. The Morgan fingerprint density at radius 1 is 1.31 bits per heavy atom. The van der Waals surface area contributed by atoms with Crippen LogP contribution in [0.25, 0.3) is 0 Å². The lowest BCUT2D eigenvalue weighted by Gasteiger charge is -2.41. The van der Waals surface area contributed by atoms with E-state index in [0.717, 1.165) is 25.0 Å². The first-order valence-electron chi connectivity index (χ1n) is 6.78. The Hall–Kier alpha value is -0.120. The van der Waals surface area contributed by atoms with Crippen LogP contribution in [0.4, 0.5) is 0 Å².